The van der Waals surface area contributed by atoms with Crippen LogP contribution in [0.5, 0.6) is 5.75 Å². The number of phenolic OH excluding ortho intramolecular Hbond substituents is 1. The monoisotopic (exact) mass is 472 g/mol. The molecule has 0 aliphatic carbocycles. The number of nitrogens with one attached hydrogen (secondary N) is 2. The molecule has 10 nitrogen and oxygen atoms in total. The normalized spacial score (nSPS) is 12.1. The lowest BCUT2D eigenvalue weighted by Crippen LogP contribution is -2.52. The first-order valence-corrected chi connectivity index (χ1v) is 10.7. The summed E-state index contributed by atoms with van der Waals surface area (Å²) < 4.78 is 10.2. The molecule has 4 N–H and O–H groups in total. The molecule has 10 heteroatoms. The van der Waals surface area contributed by atoms with E-state index < -0.39 is 36.0 Å². The standard InChI is InChI=1S/C24H28N2O8/c1-2-33-23(31)20(14-16-8-10-18(27)11-9-16)25-22(30)19(12-13-21(28)29)26-24(32)34-15-17-6-4-3-5-7-17/h3-11,19-20,27H,2,12-15H2,1H3,(H,25,30)(H,26,32)(H,28,29). The van der Waals surface area contributed by atoms with E-state index in [0.29, 0.717) is 5.56 Å². The number of aliphatic carboxylic acids is 1. The molecule has 2 unspecified atom stereocenters. The van der Waals surface area contributed by atoms with Gasteiger partial charge in [0.15, 0.2) is 0 Å². The number of carbonyl (C=O) groups is 4. The number of rotatable bonds is 12. The van der Waals surface area contributed by atoms with Gasteiger partial charge in [-0.25, -0.2) is 9.59 Å². The zero-order valence-electron chi connectivity index (χ0n) is 18.7. The number of carbonyl (C=O) groups excluding carboxylic acids is 3. The van der Waals surface area contributed by atoms with Crippen LogP contribution in [0.2, 0.25) is 0 Å². The van der Waals surface area contributed by atoms with E-state index in [9.17, 15) is 24.3 Å². The lowest BCUT2D eigenvalue weighted by atomic mass is 10.0. The Kier molecular flexibility index (Phi) is 10.4. The average molecular weight is 472 g/mol. The van der Waals surface area contributed by atoms with Crippen LogP contribution < -0.4 is 10.6 Å². The van der Waals surface area contributed by atoms with Crippen molar-refractivity contribution >= 4 is 23.9 Å². The van der Waals surface area contributed by atoms with E-state index in [0.717, 1.165) is 5.56 Å². The summed E-state index contributed by atoms with van der Waals surface area (Å²) in [6.07, 6.45) is -1.44. The highest BCUT2D eigenvalue weighted by Gasteiger charge is 2.28. The highest BCUT2D eigenvalue weighted by atomic mass is 16.5. The zero-order chi connectivity index (χ0) is 24.9. The molecule has 0 radical (unpaired) electrons. The molecule has 2 rings (SSSR count). The van der Waals surface area contributed by atoms with Gasteiger partial charge in [-0.2, -0.15) is 0 Å². The summed E-state index contributed by atoms with van der Waals surface area (Å²) in [6, 6.07) is 12.6. The Morgan fingerprint density at radius 2 is 1.56 bits per heavy atom. The summed E-state index contributed by atoms with van der Waals surface area (Å²) in [5, 5.41) is 23.4. The Balaban J connectivity index is 2.07. The topological polar surface area (TPSA) is 151 Å². The zero-order valence-corrected chi connectivity index (χ0v) is 18.7. The SMILES string of the molecule is CCOC(=O)C(Cc1ccc(O)cc1)NC(=O)C(CCC(=O)O)NC(=O)OCc1ccccc1. The van der Waals surface area contributed by atoms with Gasteiger partial charge in [-0.15, -0.1) is 0 Å². The third-order valence-electron chi connectivity index (χ3n) is 4.73. The molecular weight excluding hydrogens is 444 g/mol. The van der Waals surface area contributed by atoms with Crippen molar-refractivity contribution in [3.63, 3.8) is 0 Å². The molecule has 0 saturated carbocycles. The van der Waals surface area contributed by atoms with Gasteiger partial charge in [0.2, 0.25) is 5.91 Å². The van der Waals surface area contributed by atoms with Crippen molar-refractivity contribution < 1.29 is 38.9 Å². The van der Waals surface area contributed by atoms with Crippen LogP contribution in [0.3, 0.4) is 0 Å². The minimum Gasteiger partial charge on any atom is -0.508 e. The summed E-state index contributed by atoms with van der Waals surface area (Å²) in [5.74, 6) is -2.54. The molecule has 0 aliphatic rings. The second kappa shape index (κ2) is 13.5. The van der Waals surface area contributed by atoms with E-state index in [-0.39, 0.29) is 38.2 Å². The van der Waals surface area contributed by atoms with Crippen LogP contribution in [-0.4, -0.2) is 52.8 Å². The van der Waals surface area contributed by atoms with Crippen LogP contribution in [0.15, 0.2) is 54.6 Å². The summed E-state index contributed by atoms with van der Waals surface area (Å²) >= 11 is 0. The minimum absolute atomic E-state index is 0.0355. The fraction of sp³-hybridized carbons (Fsp3) is 0.333. The Morgan fingerprint density at radius 1 is 0.882 bits per heavy atom. The Labute approximate surface area is 196 Å². The predicted molar refractivity (Wildman–Crippen MR) is 121 cm³/mol. The molecular formula is C24H28N2O8. The van der Waals surface area contributed by atoms with Gasteiger partial charge in [-0.05, 0) is 36.6 Å². The number of aromatic hydroxyl groups is 1. The van der Waals surface area contributed by atoms with Crippen LogP contribution in [0, 0.1) is 0 Å². The molecule has 2 aromatic carbocycles. The van der Waals surface area contributed by atoms with Gasteiger partial charge in [0.25, 0.3) is 0 Å². The van der Waals surface area contributed by atoms with Crippen molar-refractivity contribution in [3.05, 3.63) is 65.7 Å². The molecule has 2 aromatic rings. The number of alkyl carbamates (subject to hydrolysis) is 1. The second-order valence-corrected chi connectivity index (χ2v) is 7.37. The molecule has 0 heterocycles. The van der Waals surface area contributed by atoms with Crippen molar-refractivity contribution in [2.75, 3.05) is 6.61 Å². The first kappa shape index (κ1) is 26.2. The molecule has 2 amide bonds. The third kappa shape index (κ3) is 9.19. The molecule has 0 spiro atoms. The van der Waals surface area contributed by atoms with Gasteiger partial charge < -0.3 is 30.3 Å². The molecule has 0 aromatic heterocycles. The quantitative estimate of drug-likeness (QED) is 0.343. The van der Waals surface area contributed by atoms with E-state index in [2.05, 4.69) is 10.6 Å². The second-order valence-electron chi connectivity index (χ2n) is 7.37. The molecule has 0 saturated heterocycles. The highest BCUT2D eigenvalue weighted by Crippen LogP contribution is 2.12. The van der Waals surface area contributed by atoms with Gasteiger partial charge >= 0.3 is 18.0 Å². The Bertz CT molecular complexity index is 963. The van der Waals surface area contributed by atoms with E-state index in [4.69, 9.17) is 14.6 Å². The van der Waals surface area contributed by atoms with Crippen LogP contribution in [-0.2, 0) is 36.9 Å². The van der Waals surface area contributed by atoms with Gasteiger partial charge in [0, 0.05) is 12.8 Å². The number of ether oxygens (including phenoxy) is 2. The lowest BCUT2D eigenvalue weighted by molar-refractivity contribution is -0.147. The molecule has 2 atom stereocenters. The number of amides is 2. The summed E-state index contributed by atoms with van der Waals surface area (Å²) in [4.78, 5) is 48.6. The number of hydrogen-bond acceptors (Lipinski definition) is 7. The van der Waals surface area contributed by atoms with Gasteiger partial charge in [0.1, 0.15) is 24.4 Å². The molecule has 0 aliphatic heterocycles. The van der Waals surface area contributed by atoms with E-state index in [1.807, 2.05) is 6.07 Å². The lowest BCUT2D eigenvalue weighted by Gasteiger charge is -2.22. The predicted octanol–water partition coefficient (Wildman–Crippen LogP) is 2.14. The van der Waals surface area contributed by atoms with Crippen molar-refractivity contribution in [2.24, 2.45) is 0 Å². The van der Waals surface area contributed by atoms with Crippen molar-refractivity contribution in [3.8, 4) is 5.75 Å². The number of hydrogen-bond donors (Lipinski definition) is 4. The first-order chi connectivity index (χ1) is 16.3. The molecule has 0 bridgehead atoms. The summed E-state index contributed by atoms with van der Waals surface area (Å²) in [5.41, 5.74) is 1.38. The summed E-state index contributed by atoms with van der Waals surface area (Å²) in [6.45, 7) is 1.68. The average Bonchev–Trinajstić information content (AvgIpc) is 2.82. The van der Waals surface area contributed by atoms with Crippen LogP contribution >= 0.6 is 0 Å². The molecule has 182 valence electrons. The smallest absolute Gasteiger partial charge is 0.408 e. The number of carboxylic acid groups (broad SMARTS) is 1. The Morgan fingerprint density at radius 3 is 2.18 bits per heavy atom. The van der Waals surface area contributed by atoms with E-state index in [1.54, 1.807) is 43.3 Å². The Hall–Kier alpha value is -4.08. The maximum Gasteiger partial charge on any atom is 0.408 e. The maximum atomic E-state index is 12.9. The number of benzene rings is 2. The van der Waals surface area contributed by atoms with Crippen LogP contribution in [0.1, 0.15) is 30.9 Å². The van der Waals surface area contributed by atoms with Crippen molar-refractivity contribution in [1.82, 2.24) is 10.6 Å². The van der Waals surface area contributed by atoms with Gasteiger partial charge in [0.05, 0.1) is 6.61 Å². The van der Waals surface area contributed by atoms with Crippen LogP contribution in [0.4, 0.5) is 4.79 Å². The van der Waals surface area contributed by atoms with Crippen LogP contribution in [0.25, 0.3) is 0 Å². The third-order valence-corrected chi connectivity index (χ3v) is 4.73. The first-order valence-electron chi connectivity index (χ1n) is 10.7. The van der Waals surface area contributed by atoms with Gasteiger partial charge in [-0.3, -0.25) is 9.59 Å². The molecule has 0 fully saturated rings. The molecule has 34 heavy (non-hydrogen) atoms. The van der Waals surface area contributed by atoms with Gasteiger partial charge in [-0.1, -0.05) is 42.5 Å². The van der Waals surface area contributed by atoms with Crippen molar-refractivity contribution in [2.45, 2.75) is 44.9 Å². The van der Waals surface area contributed by atoms with E-state index in [1.165, 1.54) is 12.1 Å². The minimum atomic E-state index is -1.25. The fourth-order valence-corrected chi connectivity index (χ4v) is 3.02. The maximum absolute atomic E-state index is 12.9. The van der Waals surface area contributed by atoms with E-state index >= 15 is 0 Å². The largest absolute Gasteiger partial charge is 0.508 e. The fourth-order valence-electron chi connectivity index (χ4n) is 3.02. The number of carboxylic acids is 1. The summed E-state index contributed by atoms with van der Waals surface area (Å²) in [7, 11) is 0. The van der Waals surface area contributed by atoms with Crippen molar-refractivity contribution in [1.29, 1.82) is 0 Å². The number of esters is 1. The number of phenols is 1. The highest BCUT2D eigenvalue weighted by molar-refractivity contribution is 5.90.